The van der Waals surface area contributed by atoms with Crippen molar-refractivity contribution in [3.8, 4) is 17.1 Å². The Kier molecular flexibility index (Phi) is 4.07. The molecule has 39 heavy (non-hydrogen) atoms. The molecule has 1 aliphatic rings. The molecule has 0 spiro atoms. The summed E-state index contributed by atoms with van der Waals surface area (Å²) in [5.41, 5.74) is 9.73. The van der Waals surface area contributed by atoms with Gasteiger partial charge in [0.1, 0.15) is 0 Å². The van der Waals surface area contributed by atoms with Gasteiger partial charge >= 0.3 is 0 Å². The van der Waals surface area contributed by atoms with Crippen LogP contribution in [0.4, 0.5) is 0 Å². The summed E-state index contributed by atoms with van der Waals surface area (Å²) in [6.45, 7) is 2.10. The van der Waals surface area contributed by atoms with E-state index in [1.54, 1.807) is 0 Å². The standard InChI is InChI=1S/C35H22BN3/c1-20-22-19-18-21-10-2-3-11-23(21)33(22)38-35(37-20)39-29-17-9-7-15-27(29)30-24-12-4-5-13-25(24)32-31(34(30)39)26-14-6-8-16-28(26)36-32/h2-19,36H,1H3. The summed E-state index contributed by atoms with van der Waals surface area (Å²) >= 11 is 0. The molecule has 0 fully saturated rings. The van der Waals surface area contributed by atoms with E-state index < -0.39 is 0 Å². The Morgan fingerprint density at radius 3 is 2.23 bits per heavy atom. The van der Waals surface area contributed by atoms with Crippen LogP contribution in [0.5, 0.6) is 0 Å². The minimum atomic E-state index is 0.726. The van der Waals surface area contributed by atoms with Crippen molar-refractivity contribution in [2.24, 2.45) is 0 Å². The lowest BCUT2D eigenvalue weighted by molar-refractivity contribution is 0.991. The van der Waals surface area contributed by atoms with Crippen LogP contribution in [0.1, 0.15) is 5.69 Å². The predicted molar refractivity (Wildman–Crippen MR) is 165 cm³/mol. The van der Waals surface area contributed by atoms with Crippen molar-refractivity contribution in [2.45, 2.75) is 6.92 Å². The lowest BCUT2D eigenvalue weighted by atomic mass is 9.66. The van der Waals surface area contributed by atoms with Crippen molar-refractivity contribution in [2.75, 3.05) is 0 Å². The van der Waals surface area contributed by atoms with E-state index in [0.717, 1.165) is 40.7 Å². The minimum Gasteiger partial charge on any atom is -0.277 e. The molecule has 6 aromatic carbocycles. The largest absolute Gasteiger partial charge is 0.277 e. The zero-order valence-electron chi connectivity index (χ0n) is 21.4. The lowest BCUT2D eigenvalue weighted by Gasteiger charge is -2.15. The van der Waals surface area contributed by atoms with Gasteiger partial charge < -0.3 is 0 Å². The molecule has 8 aromatic rings. The maximum absolute atomic E-state index is 5.32. The van der Waals surface area contributed by atoms with Gasteiger partial charge in [-0.15, -0.1) is 0 Å². The fourth-order valence-corrected chi connectivity index (χ4v) is 6.88. The first kappa shape index (κ1) is 21.0. The molecule has 0 N–H and O–H groups in total. The molecule has 0 saturated heterocycles. The molecular formula is C35H22BN3. The van der Waals surface area contributed by atoms with E-state index in [0.29, 0.717) is 0 Å². The Balaban J connectivity index is 1.53. The number of benzene rings is 6. The second kappa shape index (κ2) is 7.55. The van der Waals surface area contributed by atoms with Crippen molar-refractivity contribution in [1.29, 1.82) is 0 Å². The monoisotopic (exact) mass is 495 g/mol. The van der Waals surface area contributed by atoms with Gasteiger partial charge in [0.2, 0.25) is 5.95 Å². The van der Waals surface area contributed by atoms with Gasteiger partial charge in [0.05, 0.1) is 22.2 Å². The van der Waals surface area contributed by atoms with Gasteiger partial charge in [0, 0.05) is 27.1 Å². The van der Waals surface area contributed by atoms with Crippen LogP contribution in [0.15, 0.2) is 109 Å². The normalized spacial score (nSPS) is 12.4. The molecule has 0 amide bonds. The van der Waals surface area contributed by atoms with Crippen LogP contribution in [-0.2, 0) is 0 Å². The van der Waals surface area contributed by atoms with Crippen molar-refractivity contribution in [3.63, 3.8) is 0 Å². The Bertz CT molecular complexity index is 2330. The van der Waals surface area contributed by atoms with Gasteiger partial charge in [-0.1, -0.05) is 114 Å². The number of fused-ring (bicyclic) bond motifs is 13. The van der Waals surface area contributed by atoms with Crippen LogP contribution in [0.3, 0.4) is 0 Å². The number of hydrogen-bond acceptors (Lipinski definition) is 2. The van der Waals surface area contributed by atoms with Crippen molar-refractivity contribution >= 4 is 72.5 Å². The summed E-state index contributed by atoms with van der Waals surface area (Å²) in [6.07, 6.45) is 0. The van der Waals surface area contributed by atoms with E-state index in [2.05, 4.69) is 121 Å². The highest BCUT2D eigenvalue weighted by Crippen LogP contribution is 2.42. The molecule has 0 bridgehead atoms. The molecule has 0 saturated carbocycles. The second-order valence-corrected chi connectivity index (χ2v) is 10.6. The third-order valence-corrected chi connectivity index (χ3v) is 8.56. The number of aryl methyl sites for hydroxylation is 1. The zero-order valence-corrected chi connectivity index (χ0v) is 21.4. The van der Waals surface area contributed by atoms with Crippen LogP contribution in [0.2, 0.25) is 0 Å². The van der Waals surface area contributed by atoms with Crippen LogP contribution in [-0.4, -0.2) is 21.8 Å². The Hall–Kier alpha value is -4.96. The number of para-hydroxylation sites is 1. The predicted octanol–water partition coefficient (Wildman–Crippen LogP) is 6.71. The Labute approximate surface area is 225 Å². The quantitative estimate of drug-likeness (QED) is 0.187. The molecule has 0 atom stereocenters. The van der Waals surface area contributed by atoms with Gasteiger partial charge in [0.25, 0.3) is 0 Å². The highest BCUT2D eigenvalue weighted by molar-refractivity contribution is 6.77. The summed E-state index contributed by atoms with van der Waals surface area (Å²) in [6, 6.07) is 39.3. The third kappa shape index (κ3) is 2.73. The average molecular weight is 495 g/mol. The number of hydrogen-bond donors (Lipinski definition) is 0. The molecule has 2 aromatic heterocycles. The fourth-order valence-electron chi connectivity index (χ4n) is 6.88. The number of aromatic nitrogens is 3. The maximum Gasteiger partial charge on any atom is 0.235 e. The van der Waals surface area contributed by atoms with E-state index in [9.17, 15) is 0 Å². The first-order valence-electron chi connectivity index (χ1n) is 13.5. The molecule has 0 unspecified atom stereocenters. The summed E-state index contributed by atoms with van der Waals surface area (Å²) < 4.78 is 2.33. The highest BCUT2D eigenvalue weighted by Gasteiger charge is 2.29. The van der Waals surface area contributed by atoms with E-state index in [4.69, 9.17) is 9.97 Å². The molecular weight excluding hydrogens is 473 g/mol. The summed E-state index contributed by atoms with van der Waals surface area (Å²) in [5, 5.41) is 8.57. The highest BCUT2D eigenvalue weighted by atomic mass is 15.2. The van der Waals surface area contributed by atoms with Gasteiger partial charge in [-0.25, -0.2) is 9.97 Å². The summed E-state index contributed by atoms with van der Waals surface area (Å²) in [7, 11) is 0.936. The molecule has 0 aliphatic carbocycles. The SMILES string of the molecule is Cc1nc(-n2c3ccccc3c3c4ccccc4c4c(c32)-c2ccccc2B4)nc2c1ccc1ccccc12. The average Bonchev–Trinajstić information content (AvgIpc) is 3.54. The fraction of sp³-hybridized carbons (Fsp3) is 0.0286. The van der Waals surface area contributed by atoms with Gasteiger partial charge in [-0.3, -0.25) is 4.57 Å². The van der Waals surface area contributed by atoms with Crippen LogP contribution >= 0.6 is 0 Å². The molecule has 9 rings (SSSR count). The van der Waals surface area contributed by atoms with Crippen molar-refractivity contribution in [1.82, 2.24) is 14.5 Å². The Morgan fingerprint density at radius 1 is 0.615 bits per heavy atom. The maximum atomic E-state index is 5.32. The van der Waals surface area contributed by atoms with E-state index in [1.807, 2.05) is 0 Å². The van der Waals surface area contributed by atoms with Crippen molar-refractivity contribution < 1.29 is 0 Å². The molecule has 1 aliphatic heterocycles. The minimum absolute atomic E-state index is 0.726. The van der Waals surface area contributed by atoms with Gasteiger partial charge in [-0.2, -0.15) is 0 Å². The number of rotatable bonds is 1. The van der Waals surface area contributed by atoms with Crippen molar-refractivity contribution in [3.05, 3.63) is 115 Å². The molecule has 180 valence electrons. The van der Waals surface area contributed by atoms with Gasteiger partial charge in [0.15, 0.2) is 7.28 Å². The number of nitrogens with zero attached hydrogens (tertiary/aromatic N) is 3. The third-order valence-electron chi connectivity index (χ3n) is 8.56. The molecule has 4 heteroatoms. The zero-order chi connectivity index (χ0) is 25.7. The summed E-state index contributed by atoms with van der Waals surface area (Å²) in [5.74, 6) is 0.726. The smallest absolute Gasteiger partial charge is 0.235 e. The topological polar surface area (TPSA) is 30.7 Å². The van der Waals surface area contributed by atoms with E-state index >= 15 is 0 Å². The lowest BCUT2D eigenvalue weighted by Crippen LogP contribution is -2.21. The van der Waals surface area contributed by atoms with Crippen LogP contribution in [0, 0.1) is 6.92 Å². The molecule has 3 nitrogen and oxygen atoms in total. The second-order valence-electron chi connectivity index (χ2n) is 10.6. The Morgan fingerprint density at radius 2 is 1.33 bits per heavy atom. The van der Waals surface area contributed by atoms with Gasteiger partial charge in [-0.05, 0) is 34.7 Å². The first-order chi connectivity index (χ1) is 19.3. The molecule has 0 radical (unpaired) electrons. The first-order valence-corrected chi connectivity index (χ1v) is 13.5. The molecule has 3 heterocycles. The summed E-state index contributed by atoms with van der Waals surface area (Å²) in [4.78, 5) is 10.5. The van der Waals surface area contributed by atoms with E-state index in [1.165, 1.54) is 54.5 Å². The van der Waals surface area contributed by atoms with Crippen LogP contribution in [0.25, 0.3) is 71.3 Å². The van der Waals surface area contributed by atoms with E-state index in [-0.39, 0.29) is 0 Å². The van der Waals surface area contributed by atoms with Crippen LogP contribution < -0.4 is 10.9 Å².